The molecule has 144 valence electrons. The van der Waals surface area contributed by atoms with E-state index in [9.17, 15) is 9.59 Å². The van der Waals surface area contributed by atoms with Crippen molar-refractivity contribution in [3.05, 3.63) is 78.0 Å². The van der Waals surface area contributed by atoms with Gasteiger partial charge < -0.3 is 19.2 Å². The van der Waals surface area contributed by atoms with Crippen molar-refractivity contribution >= 4 is 11.8 Å². The molecule has 1 fully saturated rings. The van der Waals surface area contributed by atoms with Gasteiger partial charge in [-0.15, -0.1) is 0 Å². The second-order valence-electron chi connectivity index (χ2n) is 7.11. The van der Waals surface area contributed by atoms with Crippen LogP contribution in [0.2, 0.25) is 0 Å². The lowest BCUT2D eigenvalue weighted by Gasteiger charge is -2.32. The Hall–Kier alpha value is -3.28. The van der Waals surface area contributed by atoms with Gasteiger partial charge in [0.1, 0.15) is 0 Å². The zero-order valence-corrected chi connectivity index (χ0v) is 15.8. The van der Waals surface area contributed by atoms with Crippen molar-refractivity contribution in [1.29, 1.82) is 0 Å². The van der Waals surface area contributed by atoms with Crippen molar-refractivity contribution in [1.82, 2.24) is 14.8 Å². The van der Waals surface area contributed by atoms with Gasteiger partial charge in [0, 0.05) is 48.3 Å². The number of hydrogen-bond donors (Lipinski definition) is 1. The molecule has 0 atom stereocenters. The summed E-state index contributed by atoms with van der Waals surface area (Å²) in [5.41, 5.74) is 2.47. The minimum atomic E-state index is -0.188. The SMILES string of the molecule is Cc1ccoc1C(=O)NC1CCN(C(=O)c2cccc(-n3cccc3)c2)CC1. The number of likely N-dealkylation sites (tertiary alicyclic amines) is 1. The largest absolute Gasteiger partial charge is 0.459 e. The number of nitrogens with zero attached hydrogens (tertiary/aromatic N) is 2. The molecule has 0 spiro atoms. The van der Waals surface area contributed by atoms with E-state index in [-0.39, 0.29) is 17.9 Å². The van der Waals surface area contributed by atoms with Crippen LogP contribution >= 0.6 is 0 Å². The number of furan rings is 1. The Balaban J connectivity index is 1.36. The number of piperidine rings is 1. The fraction of sp³-hybridized carbons (Fsp3) is 0.273. The monoisotopic (exact) mass is 377 g/mol. The molecule has 4 rings (SSSR count). The maximum atomic E-state index is 12.9. The fourth-order valence-electron chi connectivity index (χ4n) is 3.57. The highest BCUT2D eigenvalue weighted by molar-refractivity contribution is 5.95. The number of carbonyl (C=O) groups excluding carboxylic acids is 2. The summed E-state index contributed by atoms with van der Waals surface area (Å²) >= 11 is 0. The van der Waals surface area contributed by atoms with Crippen LogP contribution < -0.4 is 5.32 Å². The Morgan fingerprint density at radius 3 is 2.50 bits per heavy atom. The molecule has 0 radical (unpaired) electrons. The van der Waals surface area contributed by atoms with Gasteiger partial charge in [0.05, 0.1) is 6.26 Å². The topological polar surface area (TPSA) is 67.5 Å². The van der Waals surface area contributed by atoms with Crippen LogP contribution in [0.25, 0.3) is 5.69 Å². The van der Waals surface area contributed by atoms with Crippen LogP contribution in [0, 0.1) is 6.92 Å². The van der Waals surface area contributed by atoms with Crippen LogP contribution in [0.3, 0.4) is 0 Å². The molecule has 1 saturated heterocycles. The molecule has 0 aliphatic carbocycles. The molecular formula is C22H23N3O3. The summed E-state index contributed by atoms with van der Waals surface area (Å²) in [6.07, 6.45) is 6.90. The first kappa shape index (κ1) is 18.1. The van der Waals surface area contributed by atoms with Crippen LogP contribution in [0.15, 0.2) is 65.5 Å². The van der Waals surface area contributed by atoms with Gasteiger partial charge in [-0.05, 0) is 56.2 Å². The molecule has 1 aromatic carbocycles. The van der Waals surface area contributed by atoms with E-state index in [0.717, 1.165) is 24.1 Å². The lowest BCUT2D eigenvalue weighted by Crippen LogP contribution is -2.46. The third-order valence-corrected chi connectivity index (χ3v) is 5.18. The summed E-state index contributed by atoms with van der Waals surface area (Å²) < 4.78 is 7.23. The predicted octanol–water partition coefficient (Wildman–Crippen LogP) is 3.41. The van der Waals surface area contributed by atoms with Gasteiger partial charge in [-0.2, -0.15) is 0 Å². The molecule has 1 aliphatic heterocycles. The molecule has 28 heavy (non-hydrogen) atoms. The third kappa shape index (κ3) is 3.71. The summed E-state index contributed by atoms with van der Waals surface area (Å²) in [4.78, 5) is 27.0. The standard InChI is InChI=1S/C22H23N3O3/c1-16-9-14-28-20(16)21(26)23-18-7-12-25(13-8-18)22(27)17-5-4-6-19(15-17)24-10-2-3-11-24/h2-6,9-11,14-15,18H,7-8,12-13H2,1H3,(H,23,26). The second-order valence-corrected chi connectivity index (χ2v) is 7.11. The molecule has 2 aromatic heterocycles. The highest BCUT2D eigenvalue weighted by Gasteiger charge is 2.26. The maximum Gasteiger partial charge on any atom is 0.287 e. The van der Waals surface area contributed by atoms with E-state index < -0.39 is 0 Å². The molecule has 6 heteroatoms. The van der Waals surface area contributed by atoms with Crippen LogP contribution in [-0.2, 0) is 0 Å². The van der Waals surface area contributed by atoms with Crippen molar-refractivity contribution in [2.75, 3.05) is 13.1 Å². The smallest absolute Gasteiger partial charge is 0.287 e. The number of rotatable bonds is 4. The third-order valence-electron chi connectivity index (χ3n) is 5.18. The van der Waals surface area contributed by atoms with E-state index in [1.807, 2.05) is 65.2 Å². The lowest BCUT2D eigenvalue weighted by atomic mass is 10.0. The first-order valence-electron chi connectivity index (χ1n) is 9.49. The Labute approximate surface area is 163 Å². The van der Waals surface area contributed by atoms with Gasteiger partial charge in [0.25, 0.3) is 11.8 Å². The average molecular weight is 377 g/mol. The van der Waals surface area contributed by atoms with Crippen molar-refractivity contribution in [3.63, 3.8) is 0 Å². The Bertz CT molecular complexity index is 967. The van der Waals surface area contributed by atoms with Crippen molar-refractivity contribution in [2.24, 2.45) is 0 Å². The van der Waals surface area contributed by atoms with Gasteiger partial charge in [-0.3, -0.25) is 9.59 Å². The van der Waals surface area contributed by atoms with E-state index in [0.29, 0.717) is 24.4 Å². The summed E-state index contributed by atoms with van der Waals surface area (Å²) in [7, 11) is 0. The molecule has 0 saturated carbocycles. The number of benzene rings is 1. The molecule has 0 bridgehead atoms. The van der Waals surface area contributed by atoms with E-state index in [1.165, 1.54) is 6.26 Å². The van der Waals surface area contributed by atoms with Crippen LogP contribution in [0.1, 0.15) is 39.3 Å². The number of nitrogens with one attached hydrogen (secondary N) is 1. The molecule has 2 amide bonds. The number of amides is 2. The normalized spacial score (nSPS) is 14.8. The first-order chi connectivity index (χ1) is 13.6. The number of carbonyl (C=O) groups is 2. The number of aromatic nitrogens is 1. The molecule has 1 N–H and O–H groups in total. The molecule has 0 unspecified atom stereocenters. The molecule has 1 aliphatic rings. The molecule has 3 heterocycles. The summed E-state index contributed by atoms with van der Waals surface area (Å²) in [5, 5.41) is 3.02. The van der Waals surface area contributed by atoms with Crippen molar-refractivity contribution in [2.45, 2.75) is 25.8 Å². The predicted molar refractivity (Wildman–Crippen MR) is 106 cm³/mol. The quantitative estimate of drug-likeness (QED) is 0.758. The highest BCUT2D eigenvalue weighted by Crippen LogP contribution is 2.18. The first-order valence-corrected chi connectivity index (χ1v) is 9.49. The maximum absolute atomic E-state index is 12.9. The van der Waals surface area contributed by atoms with Gasteiger partial charge in [0.15, 0.2) is 5.76 Å². The zero-order valence-electron chi connectivity index (χ0n) is 15.8. The lowest BCUT2D eigenvalue weighted by molar-refractivity contribution is 0.0695. The molecular weight excluding hydrogens is 354 g/mol. The number of aryl methyl sites for hydroxylation is 1. The van der Waals surface area contributed by atoms with Gasteiger partial charge in [-0.25, -0.2) is 0 Å². The summed E-state index contributed by atoms with van der Waals surface area (Å²) in [5.74, 6) is 0.202. The molecule has 3 aromatic rings. The van der Waals surface area contributed by atoms with Gasteiger partial charge in [-0.1, -0.05) is 6.07 Å². The number of hydrogen-bond acceptors (Lipinski definition) is 3. The fourth-order valence-corrected chi connectivity index (χ4v) is 3.57. The zero-order chi connectivity index (χ0) is 19.5. The summed E-state index contributed by atoms with van der Waals surface area (Å²) in [6.45, 7) is 3.09. The minimum absolute atomic E-state index is 0.0284. The summed E-state index contributed by atoms with van der Waals surface area (Å²) in [6, 6.07) is 13.4. The Morgan fingerprint density at radius 1 is 1.07 bits per heavy atom. The van der Waals surface area contributed by atoms with E-state index in [1.54, 1.807) is 6.07 Å². The molecule has 6 nitrogen and oxygen atoms in total. The van der Waals surface area contributed by atoms with Gasteiger partial charge in [0.2, 0.25) is 0 Å². The van der Waals surface area contributed by atoms with Crippen molar-refractivity contribution < 1.29 is 14.0 Å². The minimum Gasteiger partial charge on any atom is -0.459 e. The van der Waals surface area contributed by atoms with Crippen LogP contribution in [0.5, 0.6) is 0 Å². The van der Waals surface area contributed by atoms with E-state index >= 15 is 0 Å². The average Bonchev–Trinajstić information content (AvgIpc) is 3.40. The van der Waals surface area contributed by atoms with Crippen LogP contribution in [-0.4, -0.2) is 40.4 Å². The van der Waals surface area contributed by atoms with Gasteiger partial charge >= 0.3 is 0 Å². The van der Waals surface area contributed by atoms with Crippen LogP contribution in [0.4, 0.5) is 0 Å². The Kier molecular flexibility index (Phi) is 5.02. The second kappa shape index (κ2) is 7.76. The van der Waals surface area contributed by atoms with Crippen molar-refractivity contribution in [3.8, 4) is 5.69 Å². The Morgan fingerprint density at radius 2 is 1.82 bits per heavy atom. The van der Waals surface area contributed by atoms with E-state index in [2.05, 4.69) is 5.32 Å². The van der Waals surface area contributed by atoms with E-state index in [4.69, 9.17) is 4.42 Å². The highest BCUT2D eigenvalue weighted by atomic mass is 16.3.